The highest BCUT2D eigenvalue weighted by molar-refractivity contribution is 5.78. The molecule has 1 rings (SSSR count). The molecule has 0 spiro atoms. The largest absolute Gasteiger partial charge is 0.354 e. The molecule has 1 unspecified atom stereocenters. The van der Waals surface area contributed by atoms with Gasteiger partial charge in [0, 0.05) is 18.5 Å². The monoisotopic (exact) mass is 268 g/mol. The number of carbonyl (C=O) groups excluding carboxylic acids is 1. The van der Waals surface area contributed by atoms with Gasteiger partial charge in [-0.1, -0.05) is 39.5 Å². The molecule has 0 aromatic carbocycles. The maximum absolute atomic E-state index is 12.1. The lowest BCUT2D eigenvalue weighted by atomic mass is 9.79. The maximum Gasteiger partial charge on any atom is 0.223 e. The van der Waals surface area contributed by atoms with Crippen molar-refractivity contribution in [2.75, 3.05) is 6.54 Å². The third-order valence-electron chi connectivity index (χ3n) is 4.38. The Labute approximate surface area is 118 Å². The van der Waals surface area contributed by atoms with Gasteiger partial charge in [-0.3, -0.25) is 4.79 Å². The Balaban J connectivity index is 2.17. The number of nitrogens with one attached hydrogen (secondary N) is 1. The molecule has 3 nitrogen and oxygen atoms in total. The van der Waals surface area contributed by atoms with Crippen molar-refractivity contribution in [2.24, 2.45) is 17.6 Å². The minimum atomic E-state index is 0.120. The van der Waals surface area contributed by atoms with E-state index in [0.717, 1.165) is 31.6 Å². The summed E-state index contributed by atoms with van der Waals surface area (Å²) >= 11 is 0. The van der Waals surface area contributed by atoms with Gasteiger partial charge in [0.2, 0.25) is 5.91 Å². The summed E-state index contributed by atoms with van der Waals surface area (Å²) in [4.78, 5) is 12.1. The number of amides is 1. The molecular weight excluding hydrogens is 236 g/mol. The van der Waals surface area contributed by atoms with Gasteiger partial charge in [0.1, 0.15) is 0 Å². The molecule has 1 saturated carbocycles. The molecule has 3 N–H and O–H groups in total. The van der Waals surface area contributed by atoms with Crippen LogP contribution in [0, 0.1) is 11.8 Å². The van der Waals surface area contributed by atoms with E-state index in [1.807, 2.05) is 0 Å². The van der Waals surface area contributed by atoms with E-state index in [0.29, 0.717) is 6.54 Å². The first kappa shape index (κ1) is 16.5. The molecule has 0 radical (unpaired) electrons. The minimum Gasteiger partial charge on any atom is -0.354 e. The Bertz CT molecular complexity index is 247. The maximum atomic E-state index is 12.1. The number of carbonyl (C=O) groups is 1. The smallest absolute Gasteiger partial charge is 0.223 e. The fraction of sp³-hybridized carbons (Fsp3) is 0.938. The number of rotatable bonds is 8. The second-order valence-corrected chi connectivity index (χ2v) is 6.15. The molecule has 1 amide bonds. The van der Waals surface area contributed by atoms with Gasteiger partial charge >= 0.3 is 0 Å². The van der Waals surface area contributed by atoms with E-state index in [4.69, 9.17) is 5.73 Å². The van der Waals surface area contributed by atoms with Gasteiger partial charge < -0.3 is 11.1 Å². The lowest BCUT2D eigenvalue weighted by Gasteiger charge is -2.28. The first-order valence-corrected chi connectivity index (χ1v) is 8.20. The van der Waals surface area contributed by atoms with Crippen LogP contribution < -0.4 is 11.1 Å². The zero-order valence-corrected chi connectivity index (χ0v) is 12.8. The molecule has 19 heavy (non-hydrogen) atoms. The lowest BCUT2D eigenvalue weighted by molar-refractivity contribution is -0.126. The summed E-state index contributed by atoms with van der Waals surface area (Å²) in [6.07, 6.45) is 10.7. The van der Waals surface area contributed by atoms with Crippen molar-refractivity contribution in [3.05, 3.63) is 0 Å². The average Bonchev–Trinajstić information content (AvgIpc) is 2.43. The Morgan fingerprint density at radius 2 is 1.89 bits per heavy atom. The van der Waals surface area contributed by atoms with Gasteiger partial charge in [0.15, 0.2) is 0 Å². The zero-order valence-electron chi connectivity index (χ0n) is 12.8. The molecule has 3 heteroatoms. The van der Waals surface area contributed by atoms with E-state index in [1.165, 1.54) is 32.1 Å². The van der Waals surface area contributed by atoms with Crippen LogP contribution in [0.5, 0.6) is 0 Å². The van der Waals surface area contributed by atoms with Crippen molar-refractivity contribution in [3.63, 3.8) is 0 Å². The molecule has 0 aliphatic heterocycles. The van der Waals surface area contributed by atoms with Crippen LogP contribution in [0.2, 0.25) is 0 Å². The molecule has 0 bridgehead atoms. The normalized spacial score (nSPS) is 25.0. The molecule has 1 fully saturated rings. The fourth-order valence-electron chi connectivity index (χ4n) is 3.05. The van der Waals surface area contributed by atoms with Crippen molar-refractivity contribution >= 4 is 5.91 Å². The number of hydrogen-bond acceptors (Lipinski definition) is 2. The van der Waals surface area contributed by atoms with Crippen LogP contribution in [0.1, 0.15) is 71.6 Å². The average molecular weight is 268 g/mol. The van der Waals surface area contributed by atoms with Gasteiger partial charge in [-0.2, -0.15) is 0 Å². The van der Waals surface area contributed by atoms with Gasteiger partial charge in [-0.15, -0.1) is 0 Å². The lowest BCUT2D eigenvalue weighted by Crippen LogP contribution is -2.40. The summed E-state index contributed by atoms with van der Waals surface area (Å²) in [5, 5.41) is 3.03. The van der Waals surface area contributed by atoms with E-state index in [-0.39, 0.29) is 17.9 Å². The predicted molar refractivity (Wildman–Crippen MR) is 80.9 cm³/mol. The van der Waals surface area contributed by atoms with Crippen LogP contribution in [0.4, 0.5) is 0 Å². The summed E-state index contributed by atoms with van der Waals surface area (Å²) in [5.41, 5.74) is 5.92. The molecule has 0 heterocycles. The first-order chi connectivity index (χ1) is 9.17. The Hall–Kier alpha value is -0.570. The number of hydrogen-bond donors (Lipinski definition) is 2. The molecule has 0 aromatic heterocycles. The van der Waals surface area contributed by atoms with Crippen LogP contribution in [-0.4, -0.2) is 18.5 Å². The highest BCUT2D eigenvalue weighted by Crippen LogP contribution is 2.31. The van der Waals surface area contributed by atoms with Gasteiger partial charge in [-0.05, 0) is 38.0 Å². The molecule has 0 saturated heterocycles. The first-order valence-electron chi connectivity index (χ1n) is 8.20. The van der Waals surface area contributed by atoms with Gasteiger partial charge in [-0.25, -0.2) is 0 Å². The summed E-state index contributed by atoms with van der Waals surface area (Å²) in [7, 11) is 0. The zero-order chi connectivity index (χ0) is 14.1. The van der Waals surface area contributed by atoms with E-state index >= 15 is 0 Å². The van der Waals surface area contributed by atoms with Crippen LogP contribution in [0.3, 0.4) is 0 Å². The van der Waals surface area contributed by atoms with Gasteiger partial charge in [0.05, 0.1) is 0 Å². The Morgan fingerprint density at radius 1 is 1.21 bits per heavy atom. The minimum absolute atomic E-state index is 0.120. The van der Waals surface area contributed by atoms with Crippen molar-refractivity contribution in [1.82, 2.24) is 5.32 Å². The third kappa shape index (κ3) is 6.42. The van der Waals surface area contributed by atoms with E-state index in [2.05, 4.69) is 19.2 Å². The number of nitrogens with two attached hydrogens (primary N) is 1. The second-order valence-electron chi connectivity index (χ2n) is 6.15. The third-order valence-corrected chi connectivity index (χ3v) is 4.38. The fourth-order valence-corrected chi connectivity index (χ4v) is 3.05. The van der Waals surface area contributed by atoms with Crippen molar-refractivity contribution in [2.45, 2.75) is 77.7 Å². The van der Waals surface area contributed by atoms with Crippen molar-refractivity contribution in [3.8, 4) is 0 Å². The predicted octanol–water partition coefficient (Wildman–Crippen LogP) is 3.23. The quantitative estimate of drug-likeness (QED) is 0.710. The van der Waals surface area contributed by atoms with Crippen molar-refractivity contribution < 1.29 is 4.79 Å². The highest BCUT2D eigenvalue weighted by Gasteiger charge is 2.25. The molecule has 1 aliphatic rings. The Morgan fingerprint density at radius 3 is 2.47 bits per heavy atom. The Kier molecular flexibility index (Phi) is 8.11. The second kappa shape index (κ2) is 9.35. The van der Waals surface area contributed by atoms with Crippen LogP contribution in [-0.2, 0) is 4.79 Å². The van der Waals surface area contributed by atoms with Crippen LogP contribution in [0.15, 0.2) is 0 Å². The number of unbranched alkanes of at least 4 members (excludes halogenated alkanes) is 1. The summed E-state index contributed by atoms with van der Waals surface area (Å²) < 4.78 is 0. The van der Waals surface area contributed by atoms with Crippen LogP contribution in [0.25, 0.3) is 0 Å². The summed E-state index contributed by atoms with van der Waals surface area (Å²) in [6, 6.07) is 0.120. The molecule has 112 valence electrons. The summed E-state index contributed by atoms with van der Waals surface area (Å²) in [5.74, 6) is 1.35. The van der Waals surface area contributed by atoms with E-state index < -0.39 is 0 Å². The van der Waals surface area contributed by atoms with Gasteiger partial charge in [0.25, 0.3) is 0 Å². The highest BCUT2D eigenvalue weighted by atomic mass is 16.1. The molecular formula is C16H32N2O. The van der Waals surface area contributed by atoms with E-state index in [1.54, 1.807) is 0 Å². The SMILES string of the molecule is CCCCC1CCC(C(=O)NCC(N)CCC)CC1. The molecule has 1 atom stereocenters. The van der Waals surface area contributed by atoms with E-state index in [9.17, 15) is 4.79 Å². The van der Waals surface area contributed by atoms with Crippen molar-refractivity contribution in [1.29, 1.82) is 0 Å². The topological polar surface area (TPSA) is 55.1 Å². The molecule has 0 aromatic rings. The standard InChI is InChI=1S/C16H32N2O/c1-3-5-7-13-8-10-14(11-9-13)16(19)18-12-15(17)6-4-2/h13-15H,3-12,17H2,1-2H3,(H,18,19). The van der Waals surface area contributed by atoms with Crippen LogP contribution >= 0.6 is 0 Å². The summed E-state index contributed by atoms with van der Waals surface area (Å²) in [6.45, 7) is 5.01. The molecule has 1 aliphatic carbocycles.